The van der Waals surface area contributed by atoms with Crippen LogP contribution in [0.1, 0.15) is 66.3 Å². The molecule has 3 aromatic heterocycles. The molecule has 0 radical (unpaired) electrons. The van der Waals surface area contributed by atoms with Gasteiger partial charge in [0.2, 0.25) is 0 Å². The fourth-order valence-corrected chi connectivity index (χ4v) is 4.63. The Balaban J connectivity index is 1.57. The highest BCUT2D eigenvalue weighted by Gasteiger charge is 2.33. The van der Waals surface area contributed by atoms with Gasteiger partial charge in [0.05, 0.1) is 0 Å². The second kappa shape index (κ2) is 11.3. The summed E-state index contributed by atoms with van der Waals surface area (Å²) in [6.07, 6.45) is 1.32. The van der Waals surface area contributed by atoms with Crippen LogP contribution in [0, 0.1) is 6.92 Å². The van der Waals surface area contributed by atoms with E-state index in [0.717, 1.165) is 28.7 Å². The molecule has 0 saturated heterocycles. The van der Waals surface area contributed by atoms with E-state index in [2.05, 4.69) is 25.6 Å². The van der Waals surface area contributed by atoms with Crippen molar-refractivity contribution in [2.75, 3.05) is 0 Å². The number of hydrogen-bond donors (Lipinski definition) is 2. The molecule has 12 nitrogen and oxygen atoms in total. The van der Waals surface area contributed by atoms with Gasteiger partial charge in [-0.1, -0.05) is 49.4 Å². The number of esters is 1. The van der Waals surface area contributed by atoms with Crippen molar-refractivity contribution in [3.05, 3.63) is 93.4 Å². The zero-order valence-electron chi connectivity index (χ0n) is 23.2. The maximum Gasteiger partial charge on any atom is 0.519 e. The predicted molar refractivity (Wildman–Crippen MR) is 147 cm³/mol. The number of nitrogens with zero attached hydrogens (tertiary/aromatic N) is 5. The number of aliphatic hydroxyl groups is 1. The summed E-state index contributed by atoms with van der Waals surface area (Å²) >= 11 is 0. The molecule has 3 heterocycles. The number of aryl methyl sites for hydroxylation is 2. The first-order valence-corrected chi connectivity index (χ1v) is 13.2. The van der Waals surface area contributed by atoms with Gasteiger partial charge in [-0.05, 0) is 60.4 Å². The Hall–Kier alpha value is -4.84. The maximum absolute atomic E-state index is 13.5. The first-order chi connectivity index (χ1) is 19.7. The third kappa shape index (κ3) is 5.87. The van der Waals surface area contributed by atoms with E-state index in [-0.39, 0.29) is 36.1 Å². The van der Waals surface area contributed by atoms with Gasteiger partial charge in [-0.3, -0.25) is 0 Å². The average molecular weight is 559 g/mol. The Kier molecular flexibility index (Phi) is 7.66. The summed E-state index contributed by atoms with van der Waals surface area (Å²) in [5.41, 5.74) is 2.42. The second-order valence-corrected chi connectivity index (χ2v) is 10.1. The summed E-state index contributed by atoms with van der Waals surface area (Å²) in [4.78, 5) is 29.7. The van der Waals surface area contributed by atoms with Gasteiger partial charge in [-0.25, -0.2) is 19.7 Å². The number of hydrogen-bond acceptors (Lipinski definition) is 10. The molecule has 2 aromatic carbocycles. The van der Waals surface area contributed by atoms with Gasteiger partial charge in [-0.2, -0.15) is 0 Å². The van der Waals surface area contributed by atoms with Crippen LogP contribution in [-0.4, -0.2) is 41.3 Å². The van der Waals surface area contributed by atoms with Crippen LogP contribution in [0.5, 0.6) is 0 Å². The largest absolute Gasteiger partial charge is 0.519 e. The molecule has 0 amide bonds. The molecule has 212 valence electrons. The minimum Gasteiger partial charge on any atom is -0.453 e. The zero-order valence-corrected chi connectivity index (χ0v) is 23.2. The number of carbonyl (C=O) groups excluding carboxylic acids is 1. The van der Waals surface area contributed by atoms with Gasteiger partial charge in [0.25, 0.3) is 0 Å². The molecule has 0 saturated carbocycles. The van der Waals surface area contributed by atoms with Crippen molar-refractivity contribution in [2.24, 2.45) is 0 Å². The van der Waals surface area contributed by atoms with E-state index in [9.17, 15) is 14.7 Å². The minimum absolute atomic E-state index is 0.106. The van der Waals surface area contributed by atoms with E-state index in [1.54, 1.807) is 25.3 Å². The molecule has 41 heavy (non-hydrogen) atoms. The molecular formula is C29H30N6O6. The highest BCUT2D eigenvalue weighted by Crippen LogP contribution is 2.32. The predicted octanol–water partition coefficient (Wildman–Crippen LogP) is 4.17. The van der Waals surface area contributed by atoms with Gasteiger partial charge in [0.1, 0.15) is 17.1 Å². The van der Waals surface area contributed by atoms with Crippen LogP contribution >= 0.6 is 0 Å². The Morgan fingerprint density at radius 3 is 2.54 bits per heavy atom. The average Bonchev–Trinajstić information content (AvgIpc) is 3.67. The van der Waals surface area contributed by atoms with Crippen molar-refractivity contribution in [1.29, 1.82) is 0 Å². The fourth-order valence-electron chi connectivity index (χ4n) is 4.63. The summed E-state index contributed by atoms with van der Waals surface area (Å²) in [5.74, 6) is -0.150. The van der Waals surface area contributed by atoms with Crippen LogP contribution in [0.4, 0.5) is 0 Å². The Bertz CT molecular complexity index is 1710. The molecule has 0 bridgehead atoms. The standard InChI is InChI=1S/C29H30N6O6/c1-5-9-23-30-25(29(3,4)38)24(27(36)39-16-22-17(2)40-28(37)41-22)35(23)15-18-12-13-20(19-10-7-6-8-11-19)21(14-18)26-31-33-34-32-26/h6-8,10-14,38H,5,9,15-16H2,1-4H3,(H,31,32,33,34). The Morgan fingerprint density at radius 1 is 1.12 bits per heavy atom. The first-order valence-electron chi connectivity index (χ1n) is 13.2. The first kappa shape index (κ1) is 27.7. The van der Waals surface area contributed by atoms with Crippen LogP contribution in [0.3, 0.4) is 0 Å². The number of imidazole rings is 1. The van der Waals surface area contributed by atoms with Crippen molar-refractivity contribution < 1.29 is 23.5 Å². The quantitative estimate of drug-likeness (QED) is 0.238. The molecule has 2 N–H and O–H groups in total. The van der Waals surface area contributed by atoms with Crippen LogP contribution in [0.2, 0.25) is 0 Å². The van der Waals surface area contributed by atoms with E-state index in [1.165, 1.54) is 0 Å². The number of ether oxygens (including phenoxy) is 1. The molecule has 12 heteroatoms. The SMILES string of the molecule is CCCc1nc(C(C)(C)O)c(C(=O)OCc2oc(=O)oc2C)n1Cc1ccc(-c2ccccc2)c(-c2nnn[nH]2)c1. The number of tetrazole rings is 1. The van der Waals surface area contributed by atoms with E-state index in [1.807, 2.05) is 55.5 Å². The fraction of sp³-hybridized carbons (Fsp3) is 0.310. The van der Waals surface area contributed by atoms with Gasteiger partial charge in [0.15, 0.2) is 29.6 Å². The number of nitrogens with one attached hydrogen (secondary N) is 1. The molecule has 5 rings (SSSR count). The third-order valence-corrected chi connectivity index (χ3v) is 6.57. The van der Waals surface area contributed by atoms with Gasteiger partial charge >= 0.3 is 11.8 Å². The van der Waals surface area contributed by atoms with Crippen molar-refractivity contribution in [3.8, 4) is 22.5 Å². The van der Waals surface area contributed by atoms with Crippen molar-refractivity contribution in [3.63, 3.8) is 0 Å². The highest BCUT2D eigenvalue weighted by molar-refractivity contribution is 5.89. The molecule has 0 aliphatic carbocycles. The smallest absolute Gasteiger partial charge is 0.453 e. The maximum atomic E-state index is 13.5. The molecule has 0 unspecified atom stereocenters. The summed E-state index contributed by atoms with van der Waals surface area (Å²) in [7, 11) is 0. The summed E-state index contributed by atoms with van der Waals surface area (Å²) in [6, 6.07) is 15.8. The van der Waals surface area contributed by atoms with Gasteiger partial charge in [0, 0.05) is 18.5 Å². The molecule has 0 spiro atoms. The van der Waals surface area contributed by atoms with Crippen molar-refractivity contribution >= 4 is 5.97 Å². The van der Waals surface area contributed by atoms with E-state index < -0.39 is 17.4 Å². The summed E-state index contributed by atoms with van der Waals surface area (Å²) in [6.45, 7) is 6.62. The lowest BCUT2D eigenvalue weighted by Crippen LogP contribution is -2.23. The Labute approximate surface area is 235 Å². The lowest BCUT2D eigenvalue weighted by Gasteiger charge is -2.18. The molecule has 0 fully saturated rings. The minimum atomic E-state index is -1.44. The number of carbonyl (C=O) groups is 1. The van der Waals surface area contributed by atoms with Crippen LogP contribution in [-0.2, 0) is 29.9 Å². The number of H-pyrrole nitrogens is 1. The second-order valence-electron chi connectivity index (χ2n) is 10.1. The number of aromatic nitrogens is 6. The number of benzene rings is 2. The monoisotopic (exact) mass is 558 g/mol. The lowest BCUT2D eigenvalue weighted by atomic mass is 9.97. The molecule has 0 atom stereocenters. The van der Waals surface area contributed by atoms with E-state index >= 15 is 0 Å². The molecular weight excluding hydrogens is 528 g/mol. The van der Waals surface area contributed by atoms with Crippen LogP contribution in [0.15, 0.2) is 62.2 Å². The zero-order chi connectivity index (χ0) is 29.1. The highest BCUT2D eigenvalue weighted by atomic mass is 16.6. The normalized spacial score (nSPS) is 11.6. The number of rotatable bonds is 10. The van der Waals surface area contributed by atoms with E-state index in [0.29, 0.717) is 18.1 Å². The summed E-state index contributed by atoms with van der Waals surface area (Å²) < 4.78 is 17.1. The molecule has 0 aliphatic heterocycles. The van der Waals surface area contributed by atoms with Crippen LogP contribution < -0.4 is 5.82 Å². The summed E-state index contributed by atoms with van der Waals surface area (Å²) in [5, 5.41) is 25.4. The van der Waals surface area contributed by atoms with Crippen LogP contribution in [0.25, 0.3) is 22.5 Å². The van der Waals surface area contributed by atoms with Crippen molar-refractivity contribution in [2.45, 2.75) is 59.3 Å². The third-order valence-electron chi connectivity index (χ3n) is 6.57. The lowest BCUT2D eigenvalue weighted by molar-refractivity contribution is 0.0395. The van der Waals surface area contributed by atoms with Gasteiger partial charge in [-0.15, -0.1) is 5.10 Å². The Morgan fingerprint density at radius 2 is 1.90 bits per heavy atom. The van der Waals surface area contributed by atoms with Crippen molar-refractivity contribution in [1.82, 2.24) is 30.2 Å². The van der Waals surface area contributed by atoms with Gasteiger partial charge < -0.3 is 23.2 Å². The molecule has 5 aromatic rings. The molecule has 0 aliphatic rings. The topological polar surface area (TPSA) is 162 Å². The van der Waals surface area contributed by atoms with E-state index in [4.69, 9.17) is 13.6 Å². The number of aromatic amines is 1.